The van der Waals surface area contributed by atoms with Gasteiger partial charge >= 0.3 is 6.36 Å². The van der Waals surface area contributed by atoms with Crippen LogP contribution in [0.1, 0.15) is 15.9 Å². The number of ether oxygens (including phenoxy) is 1. The normalized spacial score (nSPS) is 11.2. The fourth-order valence-corrected chi connectivity index (χ4v) is 1.58. The molecule has 8 heteroatoms. The number of carbonyl (C=O) groups excluding carboxylic acids is 1. The summed E-state index contributed by atoms with van der Waals surface area (Å²) in [5, 5.41) is 2.58. The Balaban J connectivity index is 2.03. The summed E-state index contributed by atoms with van der Waals surface area (Å²) in [6.07, 6.45) is -1.91. The van der Waals surface area contributed by atoms with Crippen molar-refractivity contribution in [2.45, 2.75) is 12.9 Å². The van der Waals surface area contributed by atoms with E-state index in [1.54, 1.807) is 6.07 Å². The van der Waals surface area contributed by atoms with E-state index in [9.17, 15) is 18.0 Å². The number of anilines is 1. The number of halogens is 3. The van der Waals surface area contributed by atoms with Gasteiger partial charge in [0.25, 0.3) is 5.91 Å². The Kier molecular flexibility index (Phi) is 4.06. The number of furan rings is 1. The third kappa shape index (κ3) is 4.16. The molecule has 1 aromatic heterocycles. The molecule has 0 aliphatic rings. The summed E-state index contributed by atoms with van der Waals surface area (Å²) in [7, 11) is 0. The minimum absolute atomic E-state index is 0.130. The number of benzene rings is 1. The topological polar surface area (TPSA) is 77.5 Å². The molecule has 112 valence electrons. The van der Waals surface area contributed by atoms with Gasteiger partial charge in [0, 0.05) is 17.7 Å². The molecule has 0 saturated heterocycles. The number of hydrogen-bond acceptors (Lipinski definition) is 4. The smallest absolute Gasteiger partial charge is 0.472 e. The van der Waals surface area contributed by atoms with E-state index in [1.165, 1.54) is 18.6 Å². The highest BCUT2D eigenvalue weighted by Gasteiger charge is 2.32. The second kappa shape index (κ2) is 5.78. The Labute approximate surface area is 117 Å². The predicted octanol–water partition coefficient (Wildman–Crippen LogP) is 2.69. The molecule has 0 bridgehead atoms. The van der Waals surface area contributed by atoms with E-state index in [0.717, 1.165) is 17.7 Å². The van der Waals surface area contributed by atoms with Crippen molar-refractivity contribution >= 4 is 11.6 Å². The molecule has 1 amide bonds. The molecular formula is C13H11F3N2O3. The molecule has 0 unspecified atom stereocenters. The van der Waals surface area contributed by atoms with Crippen LogP contribution in [0.3, 0.4) is 0 Å². The Morgan fingerprint density at radius 2 is 2.10 bits per heavy atom. The lowest BCUT2D eigenvalue weighted by molar-refractivity contribution is -0.274. The molecule has 0 aliphatic carbocycles. The van der Waals surface area contributed by atoms with Crippen molar-refractivity contribution in [1.29, 1.82) is 0 Å². The molecule has 5 nitrogen and oxygen atoms in total. The molecule has 0 aliphatic heterocycles. The number of carbonyl (C=O) groups is 1. The monoisotopic (exact) mass is 300 g/mol. The van der Waals surface area contributed by atoms with E-state index in [0.29, 0.717) is 0 Å². The van der Waals surface area contributed by atoms with Crippen molar-refractivity contribution in [3.05, 3.63) is 47.9 Å². The maximum atomic E-state index is 12.1. The van der Waals surface area contributed by atoms with E-state index < -0.39 is 18.0 Å². The van der Waals surface area contributed by atoms with Crippen molar-refractivity contribution in [1.82, 2.24) is 5.32 Å². The number of nitrogens with two attached hydrogens (primary N) is 1. The van der Waals surface area contributed by atoms with Crippen LogP contribution in [0, 0.1) is 0 Å². The molecule has 0 fully saturated rings. The Hall–Kier alpha value is -2.64. The summed E-state index contributed by atoms with van der Waals surface area (Å²) in [6, 6.07) is 4.98. The SMILES string of the molecule is Nc1cc(C(=O)NCc2ccoc2)ccc1OC(F)(F)F. The summed E-state index contributed by atoms with van der Waals surface area (Å²) in [5.41, 5.74) is 6.05. The Bertz CT molecular complexity index is 624. The standard InChI is InChI=1S/C13H11F3N2O3/c14-13(15,16)21-11-2-1-9(5-10(11)17)12(19)18-6-8-3-4-20-7-8/h1-5,7H,6,17H2,(H,18,19). The van der Waals surface area contributed by atoms with Gasteiger partial charge in [-0.1, -0.05) is 0 Å². The number of nitrogens with one attached hydrogen (secondary N) is 1. The first-order valence-corrected chi connectivity index (χ1v) is 5.80. The molecule has 2 rings (SSSR count). The summed E-state index contributed by atoms with van der Waals surface area (Å²) in [5.74, 6) is -1.02. The number of amides is 1. The van der Waals surface area contributed by atoms with Gasteiger partial charge in [0.1, 0.15) is 0 Å². The zero-order chi connectivity index (χ0) is 15.5. The van der Waals surface area contributed by atoms with Gasteiger partial charge in [0.15, 0.2) is 5.75 Å². The predicted molar refractivity (Wildman–Crippen MR) is 67.4 cm³/mol. The number of hydrogen-bond donors (Lipinski definition) is 2. The molecule has 1 aromatic carbocycles. The average molecular weight is 300 g/mol. The van der Waals surface area contributed by atoms with Gasteiger partial charge in [-0.2, -0.15) is 0 Å². The molecule has 2 aromatic rings. The van der Waals surface area contributed by atoms with Crippen molar-refractivity contribution in [2.75, 3.05) is 5.73 Å². The van der Waals surface area contributed by atoms with Gasteiger partial charge in [-0.05, 0) is 24.3 Å². The molecule has 0 saturated carbocycles. The Morgan fingerprint density at radius 3 is 2.67 bits per heavy atom. The maximum Gasteiger partial charge on any atom is 0.573 e. The lowest BCUT2D eigenvalue weighted by Gasteiger charge is -2.12. The summed E-state index contributed by atoms with van der Waals surface area (Å²) in [6.45, 7) is 0.232. The second-order valence-corrected chi connectivity index (χ2v) is 4.11. The van der Waals surface area contributed by atoms with Crippen molar-refractivity contribution in [3.8, 4) is 5.75 Å². The first kappa shape index (κ1) is 14.8. The number of alkyl halides is 3. The minimum atomic E-state index is -4.83. The van der Waals surface area contributed by atoms with Gasteiger partial charge in [-0.25, -0.2) is 0 Å². The second-order valence-electron chi connectivity index (χ2n) is 4.11. The van der Waals surface area contributed by atoms with E-state index in [2.05, 4.69) is 10.1 Å². The van der Waals surface area contributed by atoms with Crippen molar-refractivity contribution in [3.63, 3.8) is 0 Å². The number of rotatable bonds is 4. The largest absolute Gasteiger partial charge is 0.573 e. The number of nitrogen functional groups attached to an aromatic ring is 1. The van der Waals surface area contributed by atoms with Crippen molar-refractivity contribution in [2.24, 2.45) is 0 Å². The van der Waals surface area contributed by atoms with Gasteiger partial charge in [0.2, 0.25) is 0 Å². The summed E-state index contributed by atoms with van der Waals surface area (Å²) >= 11 is 0. The maximum absolute atomic E-state index is 12.1. The van der Waals surface area contributed by atoms with Crippen LogP contribution in [0.25, 0.3) is 0 Å². The minimum Gasteiger partial charge on any atom is -0.472 e. The first-order chi connectivity index (χ1) is 9.85. The highest BCUT2D eigenvalue weighted by Crippen LogP contribution is 2.28. The van der Waals surface area contributed by atoms with E-state index in [1.807, 2.05) is 0 Å². The van der Waals surface area contributed by atoms with Gasteiger partial charge < -0.3 is 20.2 Å². The fraction of sp³-hybridized carbons (Fsp3) is 0.154. The zero-order valence-electron chi connectivity index (χ0n) is 10.6. The molecule has 1 heterocycles. The highest BCUT2D eigenvalue weighted by molar-refractivity contribution is 5.95. The van der Waals surface area contributed by atoms with Gasteiger partial charge in [-0.15, -0.1) is 13.2 Å². The lowest BCUT2D eigenvalue weighted by Crippen LogP contribution is -2.23. The average Bonchev–Trinajstić information content (AvgIpc) is 2.90. The fourth-order valence-electron chi connectivity index (χ4n) is 1.58. The third-order valence-electron chi connectivity index (χ3n) is 2.53. The van der Waals surface area contributed by atoms with Crippen LogP contribution >= 0.6 is 0 Å². The van der Waals surface area contributed by atoms with E-state index >= 15 is 0 Å². The quantitative estimate of drug-likeness (QED) is 0.851. The molecular weight excluding hydrogens is 289 g/mol. The van der Waals surface area contributed by atoms with E-state index in [4.69, 9.17) is 10.2 Å². The van der Waals surface area contributed by atoms with Gasteiger partial charge in [-0.3, -0.25) is 4.79 Å². The molecule has 0 spiro atoms. The molecule has 0 atom stereocenters. The van der Waals surface area contributed by atoms with E-state index in [-0.39, 0.29) is 17.8 Å². The van der Waals surface area contributed by atoms with Crippen LogP contribution in [0.4, 0.5) is 18.9 Å². The van der Waals surface area contributed by atoms with Crippen LogP contribution in [0.2, 0.25) is 0 Å². The van der Waals surface area contributed by atoms with Crippen LogP contribution in [0.15, 0.2) is 41.2 Å². The Morgan fingerprint density at radius 1 is 1.33 bits per heavy atom. The molecule has 0 radical (unpaired) electrons. The van der Waals surface area contributed by atoms with Gasteiger partial charge in [0.05, 0.1) is 18.2 Å². The molecule has 3 N–H and O–H groups in total. The van der Waals surface area contributed by atoms with Crippen LogP contribution < -0.4 is 15.8 Å². The lowest BCUT2D eigenvalue weighted by atomic mass is 10.1. The molecule has 21 heavy (non-hydrogen) atoms. The summed E-state index contributed by atoms with van der Waals surface area (Å²) < 4.78 is 44.8. The zero-order valence-corrected chi connectivity index (χ0v) is 10.6. The summed E-state index contributed by atoms with van der Waals surface area (Å²) in [4.78, 5) is 11.8. The van der Waals surface area contributed by atoms with Crippen LogP contribution in [-0.2, 0) is 6.54 Å². The van der Waals surface area contributed by atoms with Crippen molar-refractivity contribution < 1.29 is 27.1 Å². The van der Waals surface area contributed by atoms with Crippen LogP contribution in [-0.4, -0.2) is 12.3 Å². The highest BCUT2D eigenvalue weighted by atomic mass is 19.4. The first-order valence-electron chi connectivity index (χ1n) is 5.80. The van der Waals surface area contributed by atoms with Crippen LogP contribution in [0.5, 0.6) is 5.75 Å². The third-order valence-corrected chi connectivity index (χ3v) is 2.53.